The normalized spacial score (nSPS) is 10.8. The predicted octanol–water partition coefficient (Wildman–Crippen LogP) is 1.97. The highest BCUT2D eigenvalue weighted by molar-refractivity contribution is 5.87. The van der Waals surface area contributed by atoms with E-state index in [1.807, 2.05) is 30.8 Å². The molecule has 1 aromatic carbocycles. The molecule has 0 unspecified atom stereocenters. The second kappa shape index (κ2) is 5.88. The van der Waals surface area contributed by atoms with Crippen LogP contribution >= 0.6 is 0 Å². The van der Waals surface area contributed by atoms with Gasteiger partial charge in [-0.05, 0) is 38.6 Å². The number of nitrogens with one attached hydrogen (secondary N) is 1. The van der Waals surface area contributed by atoms with Crippen LogP contribution in [0.1, 0.15) is 32.9 Å². The van der Waals surface area contributed by atoms with Crippen molar-refractivity contribution in [1.82, 2.24) is 15.1 Å². The summed E-state index contributed by atoms with van der Waals surface area (Å²) in [7, 11) is 1.92. The lowest BCUT2D eigenvalue weighted by Crippen LogP contribution is -2.08. The topological polar surface area (TPSA) is 67.2 Å². The van der Waals surface area contributed by atoms with Crippen LogP contribution < -0.4 is 5.32 Å². The Morgan fingerprint density at radius 2 is 1.95 bits per heavy atom. The molecule has 5 nitrogen and oxygen atoms in total. The number of carboxylic acids is 1. The van der Waals surface area contributed by atoms with Gasteiger partial charge in [0.1, 0.15) is 0 Å². The summed E-state index contributed by atoms with van der Waals surface area (Å²) in [6, 6.07) is 6.91. The number of hydrogen-bond acceptors (Lipinski definition) is 3. The van der Waals surface area contributed by atoms with E-state index in [2.05, 4.69) is 17.3 Å². The molecule has 2 rings (SSSR count). The first-order valence-corrected chi connectivity index (χ1v) is 6.52. The van der Waals surface area contributed by atoms with Crippen LogP contribution in [0.4, 0.5) is 0 Å². The number of rotatable bonds is 5. The Labute approximate surface area is 118 Å². The van der Waals surface area contributed by atoms with E-state index in [1.165, 1.54) is 5.56 Å². The van der Waals surface area contributed by atoms with E-state index < -0.39 is 5.97 Å². The molecule has 5 heteroatoms. The van der Waals surface area contributed by atoms with Crippen LogP contribution in [-0.4, -0.2) is 27.9 Å². The maximum Gasteiger partial charge on any atom is 0.335 e. The summed E-state index contributed by atoms with van der Waals surface area (Å²) in [5.74, 6) is -0.904. The Kier molecular flexibility index (Phi) is 4.20. The molecule has 0 radical (unpaired) electrons. The van der Waals surface area contributed by atoms with Crippen molar-refractivity contribution in [2.75, 3.05) is 7.05 Å². The summed E-state index contributed by atoms with van der Waals surface area (Å²) in [5, 5.41) is 16.6. The Bertz CT molecular complexity index is 615. The van der Waals surface area contributed by atoms with Crippen LogP contribution in [0.3, 0.4) is 0 Å². The average molecular weight is 273 g/mol. The quantitative estimate of drug-likeness (QED) is 0.874. The molecule has 0 saturated carbocycles. The number of benzene rings is 1. The largest absolute Gasteiger partial charge is 0.478 e. The SMILES string of the molecule is CNCc1c(C)nn(Cc2ccc(C(=O)O)cc2)c1C. The Morgan fingerprint density at radius 3 is 2.50 bits per heavy atom. The Morgan fingerprint density at radius 1 is 1.30 bits per heavy atom. The van der Waals surface area contributed by atoms with Crippen molar-refractivity contribution in [3.05, 3.63) is 52.3 Å². The van der Waals surface area contributed by atoms with Crippen molar-refractivity contribution < 1.29 is 9.90 Å². The number of aromatic nitrogens is 2. The third-order valence-electron chi connectivity index (χ3n) is 3.42. The van der Waals surface area contributed by atoms with E-state index in [4.69, 9.17) is 5.11 Å². The van der Waals surface area contributed by atoms with Crippen LogP contribution in [0.15, 0.2) is 24.3 Å². The first-order chi connectivity index (χ1) is 9.52. The molecule has 20 heavy (non-hydrogen) atoms. The van der Waals surface area contributed by atoms with E-state index in [9.17, 15) is 4.79 Å². The first kappa shape index (κ1) is 14.3. The van der Waals surface area contributed by atoms with Gasteiger partial charge in [-0.15, -0.1) is 0 Å². The molecule has 0 bridgehead atoms. The van der Waals surface area contributed by atoms with Crippen LogP contribution in [0.2, 0.25) is 0 Å². The van der Waals surface area contributed by atoms with Gasteiger partial charge in [0.05, 0.1) is 17.8 Å². The number of hydrogen-bond donors (Lipinski definition) is 2. The van der Waals surface area contributed by atoms with Gasteiger partial charge >= 0.3 is 5.97 Å². The molecule has 2 N–H and O–H groups in total. The maximum atomic E-state index is 10.8. The lowest BCUT2D eigenvalue weighted by molar-refractivity contribution is 0.0697. The highest BCUT2D eigenvalue weighted by Crippen LogP contribution is 2.15. The fourth-order valence-electron chi connectivity index (χ4n) is 2.25. The standard InChI is InChI=1S/C15H19N3O2/c1-10-14(8-16-3)11(2)18(17-10)9-12-4-6-13(7-5-12)15(19)20/h4-7,16H,8-9H2,1-3H3,(H,19,20). The number of aromatic carboxylic acids is 1. The first-order valence-electron chi connectivity index (χ1n) is 6.52. The highest BCUT2D eigenvalue weighted by Gasteiger charge is 2.11. The molecule has 0 amide bonds. The molecule has 0 atom stereocenters. The van der Waals surface area contributed by atoms with Gasteiger partial charge in [-0.1, -0.05) is 12.1 Å². The van der Waals surface area contributed by atoms with Crippen molar-refractivity contribution in [1.29, 1.82) is 0 Å². The van der Waals surface area contributed by atoms with Gasteiger partial charge in [0.2, 0.25) is 0 Å². The van der Waals surface area contributed by atoms with E-state index in [0.29, 0.717) is 12.1 Å². The van der Waals surface area contributed by atoms with E-state index in [-0.39, 0.29) is 0 Å². The van der Waals surface area contributed by atoms with Crippen LogP contribution in [0.25, 0.3) is 0 Å². The van der Waals surface area contributed by atoms with E-state index in [0.717, 1.165) is 23.5 Å². The lowest BCUT2D eigenvalue weighted by Gasteiger charge is -2.06. The minimum atomic E-state index is -0.904. The molecule has 2 aromatic rings. The third-order valence-corrected chi connectivity index (χ3v) is 3.42. The minimum absolute atomic E-state index is 0.304. The van der Waals surface area contributed by atoms with Crippen molar-refractivity contribution >= 4 is 5.97 Å². The number of carboxylic acid groups (broad SMARTS) is 1. The smallest absolute Gasteiger partial charge is 0.335 e. The summed E-state index contributed by atoms with van der Waals surface area (Å²) < 4.78 is 1.96. The van der Waals surface area contributed by atoms with Crippen molar-refractivity contribution in [2.24, 2.45) is 0 Å². The zero-order valence-electron chi connectivity index (χ0n) is 12.0. The molecule has 0 aliphatic carbocycles. The van der Waals surface area contributed by atoms with Crippen LogP contribution in [-0.2, 0) is 13.1 Å². The molecule has 0 fully saturated rings. The van der Waals surface area contributed by atoms with Gasteiger partial charge in [0.15, 0.2) is 0 Å². The molecule has 0 aliphatic heterocycles. The maximum absolute atomic E-state index is 10.8. The predicted molar refractivity (Wildman–Crippen MR) is 77.0 cm³/mol. The highest BCUT2D eigenvalue weighted by atomic mass is 16.4. The van der Waals surface area contributed by atoms with E-state index in [1.54, 1.807) is 12.1 Å². The zero-order chi connectivity index (χ0) is 14.7. The van der Waals surface area contributed by atoms with E-state index >= 15 is 0 Å². The van der Waals surface area contributed by atoms with Gasteiger partial charge in [0, 0.05) is 17.8 Å². The minimum Gasteiger partial charge on any atom is -0.478 e. The van der Waals surface area contributed by atoms with Gasteiger partial charge in [0.25, 0.3) is 0 Å². The summed E-state index contributed by atoms with van der Waals surface area (Å²) in [5.41, 5.74) is 4.72. The second-order valence-electron chi connectivity index (χ2n) is 4.84. The molecular weight excluding hydrogens is 254 g/mol. The lowest BCUT2D eigenvalue weighted by atomic mass is 10.1. The summed E-state index contributed by atoms with van der Waals surface area (Å²) in [4.78, 5) is 10.8. The van der Waals surface area contributed by atoms with Crippen molar-refractivity contribution in [2.45, 2.75) is 26.9 Å². The average Bonchev–Trinajstić information content (AvgIpc) is 2.67. The van der Waals surface area contributed by atoms with Crippen LogP contribution in [0, 0.1) is 13.8 Å². The summed E-state index contributed by atoms with van der Waals surface area (Å²) >= 11 is 0. The Balaban J connectivity index is 2.21. The van der Waals surface area contributed by atoms with Crippen LogP contribution in [0.5, 0.6) is 0 Å². The number of nitrogens with zero attached hydrogens (tertiary/aromatic N) is 2. The number of aryl methyl sites for hydroxylation is 1. The van der Waals surface area contributed by atoms with Gasteiger partial charge < -0.3 is 10.4 Å². The van der Waals surface area contributed by atoms with Gasteiger partial charge in [-0.25, -0.2) is 4.79 Å². The van der Waals surface area contributed by atoms with Crippen molar-refractivity contribution in [3.63, 3.8) is 0 Å². The van der Waals surface area contributed by atoms with Gasteiger partial charge in [-0.2, -0.15) is 5.10 Å². The molecule has 0 saturated heterocycles. The number of carbonyl (C=O) groups is 1. The molecule has 0 spiro atoms. The third kappa shape index (κ3) is 2.88. The zero-order valence-corrected chi connectivity index (χ0v) is 12.0. The fraction of sp³-hybridized carbons (Fsp3) is 0.333. The fourth-order valence-corrected chi connectivity index (χ4v) is 2.25. The van der Waals surface area contributed by atoms with Crippen molar-refractivity contribution in [3.8, 4) is 0 Å². The summed E-state index contributed by atoms with van der Waals surface area (Å²) in [6.45, 7) is 5.51. The monoisotopic (exact) mass is 273 g/mol. The van der Waals surface area contributed by atoms with Gasteiger partial charge in [-0.3, -0.25) is 4.68 Å². The molecule has 0 aliphatic rings. The molecule has 1 aromatic heterocycles. The summed E-state index contributed by atoms with van der Waals surface area (Å²) in [6.07, 6.45) is 0. The molecule has 106 valence electrons. The molecular formula is C15H19N3O2. The molecule has 1 heterocycles. The second-order valence-corrected chi connectivity index (χ2v) is 4.84. The Hall–Kier alpha value is -2.14.